The van der Waals surface area contributed by atoms with E-state index in [1.54, 1.807) is 6.92 Å². The van der Waals surface area contributed by atoms with E-state index in [0.29, 0.717) is 20.7 Å². The molecule has 0 saturated carbocycles. The Morgan fingerprint density at radius 3 is 2.75 bits per heavy atom. The van der Waals surface area contributed by atoms with Gasteiger partial charge in [0.25, 0.3) is 0 Å². The summed E-state index contributed by atoms with van der Waals surface area (Å²) >= 11 is 4.04. The van der Waals surface area contributed by atoms with Crippen LogP contribution in [0, 0.1) is 10.9 Å². The molecule has 1 aliphatic heterocycles. The molecule has 24 heavy (non-hydrogen) atoms. The Balaban J connectivity index is 2.14. The van der Waals surface area contributed by atoms with Gasteiger partial charge in [0, 0.05) is 10.2 Å². The first-order valence-electron chi connectivity index (χ1n) is 6.72. The summed E-state index contributed by atoms with van der Waals surface area (Å²) in [6.07, 6.45) is 1.07. The molecule has 0 saturated heterocycles. The van der Waals surface area contributed by atoms with Gasteiger partial charge in [-0.25, -0.2) is 14.2 Å². The molecule has 0 fully saturated rings. The zero-order chi connectivity index (χ0) is 17.4. The number of nitrogens with zero attached hydrogens (tertiary/aromatic N) is 2. The molecule has 2 heterocycles. The number of hydrogen-bond acceptors (Lipinski definition) is 5. The van der Waals surface area contributed by atoms with Gasteiger partial charge in [0.2, 0.25) is 0 Å². The largest absolute Gasteiger partial charge is 0.478 e. The van der Waals surface area contributed by atoms with Crippen LogP contribution in [0.4, 0.5) is 8.78 Å². The summed E-state index contributed by atoms with van der Waals surface area (Å²) in [7, 11) is 0. The molecule has 0 bridgehead atoms. The van der Waals surface area contributed by atoms with Gasteiger partial charge in [0.05, 0.1) is 11.8 Å². The highest BCUT2D eigenvalue weighted by Crippen LogP contribution is 2.36. The van der Waals surface area contributed by atoms with Crippen LogP contribution in [-0.4, -0.2) is 21.9 Å². The van der Waals surface area contributed by atoms with Crippen molar-refractivity contribution in [1.29, 1.82) is 0 Å². The molecule has 0 spiro atoms. The van der Waals surface area contributed by atoms with Crippen molar-refractivity contribution in [3.8, 4) is 0 Å². The van der Waals surface area contributed by atoms with Crippen LogP contribution in [0.1, 0.15) is 23.5 Å². The maximum atomic E-state index is 13.3. The summed E-state index contributed by atoms with van der Waals surface area (Å²) in [4.78, 5) is 19.9. The van der Waals surface area contributed by atoms with Gasteiger partial charge in [0.1, 0.15) is 11.9 Å². The Morgan fingerprint density at radius 1 is 1.42 bits per heavy atom. The number of aliphatic carboxylic acids is 1. The lowest BCUT2D eigenvalue weighted by Gasteiger charge is -2.25. The highest BCUT2D eigenvalue weighted by atomic mass is 79.9. The van der Waals surface area contributed by atoms with Gasteiger partial charge in [-0.1, -0.05) is 33.3 Å². The molecule has 5 nitrogen and oxygen atoms in total. The van der Waals surface area contributed by atoms with Crippen molar-refractivity contribution in [1.82, 2.24) is 10.3 Å². The maximum absolute atomic E-state index is 13.3. The van der Waals surface area contributed by atoms with E-state index < -0.39 is 23.0 Å². The van der Waals surface area contributed by atoms with Crippen molar-refractivity contribution >= 4 is 39.1 Å². The fraction of sp³-hybridized carbons (Fsp3) is 0.133. The zero-order valence-electron chi connectivity index (χ0n) is 12.2. The van der Waals surface area contributed by atoms with Crippen molar-refractivity contribution in [3.05, 3.63) is 61.7 Å². The van der Waals surface area contributed by atoms with E-state index in [1.807, 2.05) is 0 Å². The lowest BCUT2D eigenvalue weighted by atomic mass is 9.96. The number of carboxylic acids is 1. The molecule has 0 amide bonds. The molecule has 3 rings (SSSR count). The van der Waals surface area contributed by atoms with Gasteiger partial charge < -0.3 is 10.4 Å². The molecule has 0 aliphatic carbocycles. The molecule has 2 N–H and O–H groups in total. The minimum absolute atomic E-state index is 0.0306. The van der Waals surface area contributed by atoms with Crippen molar-refractivity contribution in [2.24, 2.45) is 4.99 Å². The number of amidine groups is 1. The van der Waals surface area contributed by atoms with Crippen LogP contribution in [-0.2, 0) is 4.79 Å². The Hall–Kier alpha value is -2.13. The van der Waals surface area contributed by atoms with Gasteiger partial charge in [-0.2, -0.15) is 4.39 Å². The summed E-state index contributed by atoms with van der Waals surface area (Å²) in [5.41, 5.74) is 0.886. The fourth-order valence-electron chi connectivity index (χ4n) is 2.37. The Morgan fingerprint density at radius 2 is 2.17 bits per heavy atom. The van der Waals surface area contributed by atoms with Gasteiger partial charge in [-0.3, -0.25) is 4.99 Å². The summed E-state index contributed by atoms with van der Waals surface area (Å²) < 4.78 is 27.0. The molecule has 2 aromatic rings. The van der Waals surface area contributed by atoms with Gasteiger partial charge in [-0.15, -0.1) is 0 Å². The van der Waals surface area contributed by atoms with E-state index in [1.165, 1.54) is 18.2 Å². The van der Waals surface area contributed by atoms with Crippen LogP contribution in [0.15, 0.2) is 45.1 Å². The fourth-order valence-corrected chi connectivity index (χ4v) is 3.54. The average Bonchev–Trinajstić information content (AvgIpc) is 2.92. The lowest BCUT2D eigenvalue weighted by molar-refractivity contribution is -0.133. The normalized spacial score (nSPS) is 17.5. The van der Waals surface area contributed by atoms with Crippen molar-refractivity contribution in [2.45, 2.75) is 13.0 Å². The van der Waals surface area contributed by atoms with E-state index in [-0.39, 0.29) is 11.4 Å². The Kier molecular flexibility index (Phi) is 4.46. The number of hydrogen-bond donors (Lipinski definition) is 2. The molecule has 124 valence electrons. The second-order valence-corrected chi connectivity index (χ2v) is 6.82. The third kappa shape index (κ3) is 3.09. The number of allylic oxidation sites excluding steroid dienone is 1. The number of benzene rings is 1. The maximum Gasteiger partial charge on any atom is 0.335 e. The zero-order valence-corrected chi connectivity index (χ0v) is 14.6. The second kappa shape index (κ2) is 6.40. The topological polar surface area (TPSA) is 74.6 Å². The SMILES string of the molecule is CC1=C(C(=O)O)C(c2ccc(F)cc2Br)N=C(c2ncc(F)s2)N1. The number of halogens is 3. The lowest BCUT2D eigenvalue weighted by Crippen LogP contribution is -2.32. The van der Waals surface area contributed by atoms with Crippen LogP contribution in [0.2, 0.25) is 0 Å². The third-order valence-electron chi connectivity index (χ3n) is 3.41. The average molecular weight is 414 g/mol. The van der Waals surface area contributed by atoms with E-state index in [4.69, 9.17) is 0 Å². The minimum atomic E-state index is -1.14. The van der Waals surface area contributed by atoms with E-state index >= 15 is 0 Å². The number of rotatable bonds is 3. The van der Waals surface area contributed by atoms with Crippen molar-refractivity contribution < 1.29 is 18.7 Å². The monoisotopic (exact) mass is 413 g/mol. The van der Waals surface area contributed by atoms with Gasteiger partial charge in [0.15, 0.2) is 16.0 Å². The first kappa shape index (κ1) is 16.7. The van der Waals surface area contributed by atoms with Crippen LogP contribution in [0.3, 0.4) is 0 Å². The van der Waals surface area contributed by atoms with Crippen LogP contribution < -0.4 is 5.32 Å². The molecule has 1 unspecified atom stereocenters. The van der Waals surface area contributed by atoms with E-state index in [2.05, 4.69) is 31.2 Å². The quantitative estimate of drug-likeness (QED) is 0.805. The van der Waals surface area contributed by atoms with Gasteiger partial charge >= 0.3 is 5.97 Å². The number of thiazole rings is 1. The molecule has 1 aliphatic rings. The molecule has 9 heteroatoms. The number of aromatic nitrogens is 1. The smallest absolute Gasteiger partial charge is 0.335 e. The molecule has 0 radical (unpaired) electrons. The highest BCUT2D eigenvalue weighted by molar-refractivity contribution is 9.10. The van der Waals surface area contributed by atoms with E-state index in [0.717, 1.165) is 17.5 Å². The predicted octanol–water partition coefficient (Wildman–Crippen LogP) is 3.63. The Bertz CT molecular complexity index is 895. The Labute approximate surface area is 147 Å². The third-order valence-corrected chi connectivity index (χ3v) is 4.89. The van der Waals surface area contributed by atoms with Gasteiger partial charge in [-0.05, 0) is 24.6 Å². The van der Waals surface area contributed by atoms with Crippen LogP contribution in [0.25, 0.3) is 0 Å². The van der Waals surface area contributed by atoms with Crippen molar-refractivity contribution in [2.75, 3.05) is 0 Å². The molecule has 1 atom stereocenters. The molecule has 1 aromatic heterocycles. The first-order chi connectivity index (χ1) is 11.4. The number of carbonyl (C=O) groups is 1. The molecule has 1 aromatic carbocycles. The predicted molar refractivity (Wildman–Crippen MR) is 88.9 cm³/mol. The standard InChI is InChI=1S/C15H10BrF2N3O2S/c1-6-11(15(22)23)12(8-3-2-7(17)4-9(8)16)21-13(20-6)14-19-5-10(18)24-14/h2-5,12H,1H3,(H,20,21)(H,22,23). The number of carboxylic acid groups (broad SMARTS) is 1. The second-order valence-electron chi connectivity index (χ2n) is 4.98. The summed E-state index contributed by atoms with van der Waals surface area (Å²) in [6, 6.07) is 3.06. The summed E-state index contributed by atoms with van der Waals surface area (Å²) in [5.74, 6) is -1.33. The molecular weight excluding hydrogens is 404 g/mol. The minimum Gasteiger partial charge on any atom is -0.478 e. The number of nitrogens with one attached hydrogen (secondary N) is 1. The summed E-state index contributed by atoms with van der Waals surface area (Å²) in [6.45, 7) is 1.59. The molecular formula is C15H10BrF2N3O2S. The van der Waals surface area contributed by atoms with Crippen molar-refractivity contribution in [3.63, 3.8) is 0 Å². The highest BCUT2D eigenvalue weighted by Gasteiger charge is 2.31. The van der Waals surface area contributed by atoms with E-state index in [9.17, 15) is 18.7 Å². The number of aliphatic imine (C=N–C) groups is 1. The summed E-state index contributed by atoms with van der Waals surface area (Å²) in [5, 5.41) is 12.2. The van der Waals surface area contributed by atoms with Crippen LogP contribution >= 0.6 is 27.3 Å². The van der Waals surface area contributed by atoms with Crippen LogP contribution in [0.5, 0.6) is 0 Å². The first-order valence-corrected chi connectivity index (χ1v) is 8.33.